The Balaban J connectivity index is 0.00000243. The molecule has 1 aliphatic heterocycles. The van der Waals surface area contributed by atoms with Crippen LogP contribution in [-0.2, 0) is 15.1 Å². The minimum Gasteiger partial charge on any atom is -0.780 e. The van der Waals surface area contributed by atoms with E-state index in [2.05, 4.69) is 15.0 Å². The summed E-state index contributed by atoms with van der Waals surface area (Å²) in [6.45, 7) is 1.10. The van der Waals surface area contributed by atoms with E-state index in [0.29, 0.717) is 12.3 Å². The van der Waals surface area contributed by atoms with E-state index in [1.54, 1.807) is 6.20 Å². The van der Waals surface area contributed by atoms with Crippen LogP contribution in [-0.4, -0.2) is 49.3 Å². The second kappa shape index (κ2) is 11.1. The summed E-state index contributed by atoms with van der Waals surface area (Å²) >= 11 is 0.948. The number of aromatic nitrogens is 1. The van der Waals surface area contributed by atoms with Gasteiger partial charge in [-0.25, -0.2) is 0 Å². The number of nitrogens with one attached hydrogen (secondary N) is 1. The van der Waals surface area contributed by atoms with Gasteiger partial charge in [-0.1, -0.05) is 35.6 Å². The van der Waals surface area contributed by atoms with Gasteiger partial charge in [0.1, 0.15) is 6.72 Å². The molecule has 2 heterocycles. The Hall–Kier alpha value is 0.0500. The normalized spacial score (nSPS) is 17.6. The van der Waals surface area contributed by atoms with E-state index < -0.39 is 6.72 Å². The van der Waals surface area contributed by atoms with Gasteiger partial charge in [0.2, 0.25) is 0 Å². The van der Waals surface area contributed by atoms with Crippen LogP contribution in [0.1, 0.15) is 12.0 Å². The third-order valence-corrected chi connectivity index (χ3v) is 7.35. The average molecular weight is 403 g/mol. The van der Waals surface area contributed by atoms with Crippen molar-refractivity contribution in [3.63, 3.8) is 0 Å². The zero-order valence-electron chi connectivity index (χ0n) is 15.1. The zero-order valence-corrected chi connectivity index (χ0v) is 18.8. The molecule has 0 saturated carbocycles. The van der Waals surface area contributed by atoms with Gasteiger partial charge in [0.05, 0.1) is 18.7 Å². The van der Waals surface area contributed by atoms with E-state index in [4.69, 9.17) is 4.74 Å². The van der Waals surface area contributed by atoms with Crippen LogP contribution in [0.3, 0.4) is 0 Å². The van der Waals surface area contributed by atoms with Gasteiger partial charge in [-0.3, -0.25) is 15.0 Å². The van der Waals surface area contributed by atoms with Crippen LogP contribution in [0.5, 0.6) is 0 Å². The van der Waals surface area contributed by atoms with Gasteiger partial charge in [0.25, 0.3) is 0 Å². The molecule has 1 saturated heterocycles. The SMILES string of the molecule is O=P([O-])(NCCCN1CCOCC1)SCc1cccc2cccnc12.[Na+]. The third-order valence-electron chi connectivity index (χ3n) is 4.17. The van der Waals surface area contributed by atoms with Gasteiger partial charge < -0.3 is 14.2 Å². The molecular weight excluding hydrogens is 380 g/mol. The van der Waals surface area contributed by atoms with Crippen LogP contribution in [0.25, 0.3) is 10.9 Å². The summed E-state index contributed by atoms with van der Waals surface area (Å²) in [5, 5.41) is 3.73. The molecule has 1 fully saturated rings. The van der Waals surface area contributed by atoms with Crippen LogP contribution >= 0.6 is 18.1 Å². The second-order valence-corrected chi connectivity index (χ2v) is 10.1. The minimum absolute atomic E-state index is 0. The summed E-state index contributed by atoms with van der Waals surface area (Å²) in [7, 11) is 0. The first kappa shape index (κ1) is 22.3. The Morgan fingerprint density at radius 2 is 2.04 bits per heavy atom. The van der Waals surface area contributed by atoms with Crippen LogP contribution in [0.2, 0.25) is 0 Å². The van der Waals surface area contributed by atoms with Gasteiger partial charge in [-0.15, -0.1) is 0 Å². The van der Waals surface area contributed by atoms with Crippen molar-refractivity contribution in [1.82, 2.24) is 15.0 Å². The van der Waals surface area contributed by atoms with E-state index in [1.165, 1.54) is 0 Å². The number of nitrogens with zero attached hydrogens (tertiary/aromatic N) is 2. The number of hydrogen-bond acceptors (Lipinski definition) is 6. The maximum atomic E-state index is 12.2. The fourth-order valence-corrected chi connectivity index (χ4v) is 5.37. The molecule has 0 bridgehead atoms. The summed E-state index contributed by atoms with van der Waals surface area (Å²) in [5.41, 5.74) is 1.80. The molecule has 9 heteroatoms. The topological polar surface area (TPSA) is 77.5 Å². The number of benzene rings is 1. The van der Waals surface area contributed by atoms with Crippen LogP contribution in [0, 0.1) is 0 Å². The molecule has 136 valence electrons. The second-order valence-electron chi connectivity index (χ2n) is 5.98. The molecule has 1 aliphatic rings. The number of hydrogen-bond donors (Lipinski definition) is 1. The largest absolute Gasteiger partial charge is 1.00 e. The van der Waals surface area contributed by atoms with Crippen LogP contribution in [0.15, 0.2) is 36.5 Å². The quantitative estimate of drug-likeness (QED) is 0.353. The molecule has 1 aromatic heterocycles. The molecule has 6 nitrogen and oxygen atoms in total. The fraction of sp³-hybridized carbons (Fsp3) is 0.471. The molecule has 0 spiro atoms. The predicted molar refractivity (Wildman–Crippen MR) is 101 cm³/mol. The number of morpholine rings is 1. The molecule has 0 radical (unpaired) electrons. The van der Waals surface area contributed by atoms with Crippen molar-refractivity contribution >= 4 is 29.0 Å². The smallest absolute Gasteiger partial charge is 0.780 e. The fourth-order valence-electron chi connectivity index (χ4n) is 2.83. The van der Waals surface area contributed by atoms with Gasteiger partial charge in [-0.05, 0) is 24.6 Å². The van der Waals surface area contributed by atoms with Crippen molar-refractivity contribution in [3.8, 4) is 0 Å². The van der Waals surface area contributed by atoms with Crippen molar-refractivity contribution in [1.29, 1.82) is 0 Å². The summed E-state index contributed by atoms with van der Waals surface area (Å²) < 4.78 is 17.5. The number of ether oxygens (including phenoxy) is 1. The maximum Gasteiger partial charge on any atom is 1.00 e. The molecule has 2 aromatic rings. The van der Waals surface area contributed by atoms with Gasteiger partial charge in [0.15, 0.2) is 0 Å². The molecule has 0 aliphatic carbocycles. The maximum absolute atomic E-state index is 12.2. The van der Waals surface area contributed by atoms with E-state index in [1.807, 2.05) is 30.3 Å². The number of pyridine rings is 1. The van der Waals surface area contributed by atoms with E-state index in [9.17, 15) is 9.46 Å². The molecule has 1 N–H and O–H groups in total. The molecule has 3 rings (SSSR count). The van der Waals surface area contributed by atoms with Gasteiger partial charge in [0, 0.05) is 37.0 Å². The van der Waals surface area contributed by atoms with Crippen LogP contribution in [0.4, 0.5) is 0 Å². The molecular formula is C17H23N3NaO3PS. The first-order valence-electron chi connectivity index (χ1n) is 8.47. The van der Waals surface area contributed by atoms with Crippen molar-refractivity contribution in [2.75, 3.05) is 39.4 Å². The van der Waals surface area contributed by atoms with Crippen molar-refractivity contribution in [2.24, 2.45) is 0 Å². The Labute approximate surface area is 180 Å². The van der Waals surface area contributed by atoms with Crippen molar-refractivity contribution in [2.45, 2.75) is 12.2 Å². The molecule has 0 amide bonds. The first-order valence-corrected chi connectivity index (χ1v) is 11.7. The van der Waals surface area contributed by atoms with Crippen molar-refractivity contribution < 1.29 is 43.8 Å². The molecule has 1 unspecified atom stereocenters. The molecule has 1 atom stereocenters. The first-order chi connectivity index (χ1) is 12.1. The van der Waals surface area contributed by atoms with Crippen molar-refractivity contribution in [3.05, 3.63) is 42.1 Å². The van der Waals surface area contributed by atoms with Crippen LogP contribution < -0.4 is 39.5 Å². The summed E-state index contributed by atoms with van der Waals surface area (Å²) in [6.07, 6.45) is 2.54. The van der Waals surface area contributed by atoms with E-state index in [-0.39, 0.29) is 29.6 Å². The van der Waals surface area contributed by atoms with E-state index >= 15 is 0 Å². The Bertz CT molecular complexity index is 741. The third kappa shape index (κ3) is 6.89. The van der Waals surface area contributed by atoms with E-state index in [0.717, 1.165) is 67.1 Å². The Morgan fingerprint density at radius 1 is 1.27 bits per heavy atom. The zero-order chi connectivity index (χ0) is 17.5. The van der Waals surface area contributed by atoms with Gasteiger partial charge in [-0.2, -0.15) is 0 Å². The Morgan fingerprint density at radius 3 is 2.85 bits per heavy atom. The van der Waals surface area contributed by atoms with Gasteiger partial charge >= 0.3 is 29.6 Å². The number of para-hydroxylation sites is 1. The standard InChI is InChI=1S/C17H24N3O3PS.Na/c21-24(22,19-8-3-9-20-10-12-23-13-11-20)25-14-16-5-1-4-15-6-2-7-18-17(15)16;/h1-2,4-7H,3,8-14H2,(H2,19,21,22);/q;+1/p-1. The molecule has 26 heavy (non-hydrogen) atoms. The number of rotatable bonds is 8. The monoisotopic (exact) mass is 403 g/mol. The predicted octanol–water partition coefficient (Wildman–Crippen LogP) is -0.748. The summed E-state index contributed by atoms with van der Waals surface area (Å²) in [6, 6.07) is 9.72. The minimum atomic E-state index is -3.66. The molecule has 1 aromatic carbocycles. The summed E-state index contributed by atoms with van der Waals surface area (Å²) in [5.74, 6) is 0.394. The Kier molecular flexibility index (Phi) is 9.58. The number of fused-ring (bicyclic) bond motifs is 1. The summed E-state index contributed by atoms with van der Waals surface area (Å²) in [4.78, 5) is 18.9. The average Bonchev–Trinajstić information content (AvgIpc) is 2.64.